The maximum absolute atomic E-state index is 10.9. The van der Waals surface area contributed by atoms with Crippen molar-refractivity contribution in [1.82, 2.24) is 4.98 Å². The quantitative estimate of drug-likeness (QED) is 0.785. The summed E-state index contributed by atoms with van der Waals surface area (Å²) in [7, 11) is 0. The maximum atomic E-state index is 10.9. The number of hydrogen-bond donors (Lipinski definition) is 1. The van der Waals surface area contributed by atoms with Crippen molar-refractivity contribution in [3.05, 3.63) is 22.3 Å². The molecule has 76 valence electrons. The summed E-state index contributed by atoms with van der Waals surface area (Å²) in [5, 5.41) is 9.13. The van der Waals surface area contributed by atoms with Gasteiger partial charge in [-0.3, -0.25) is 0 Å². The molecule has 14 heavy (non-hydrogen) atoms. The molecule has 1 rings (SSSR count). The third-order valence-corrected chi connectivity index (χ3v) is 1.84. The van der Waals surface area contributed by atoms with Crippen molar-refractivity contribution in [1.29, 1.82) is 0 Å². The summed E-state index contributed by atoms with van der Waals surface area (Å²) in [5.74, 6) is -0.986. The van der Waals surface area contributed by atoms with Crippen LogP contribution in [0, 0.1) is 6.92 Å². The summed E-state index contributed by atoms with van der Waals surface area (Å²) in [4.78, 5) is 14.7. The van der Waals surface area contributed by atoms with E-state index in [0.717, 1.165) is 0 Å². The maximum Gasteiger partial charge on any atom is 0.341 e. The number of ether oxygens (including phenoxy) is 1. The van der Waals surface area contributed by atoms with Gasteiger partial charge in [0.2, 0.25) is 5.88 Å². The number of hydrogen-bond acceptors (Lipinski definition) is 3. The fraction of sp³-hybridized carbons (Fsp3) is 0.333. The van der Waals surface area contributed by atoms with Crippen LogP contribution < -0.4 is 4.74 Å². The van der Waals surface area contributed by atoms with Gasteiger partial charge >= 0.3 is 5.97 Å². The van der Waals surface area contributed by atoms with Crippen molar-refractivity contribution < 1.29 is 14.6 Å². The largest absolute Gasteiger partial charge is 0.477 e. The predicted octanol–water partition coefficient (Wildman–Crippen LogP) is 2.14. The Labute approximate surface area is 86.5 Å². The van der Waals surface area contributed by atoms with Gasteiger partial charge < -0.3 is 9.84 Å². The van der Waals surface area contributed by atoms with Crippen LogP contribution in [0.4, 0.5) is 0 Å². The van der Waals surface area contributed by atoms with Gasteiger partial charge in [0, 0.05) is 0 Å². The van der Waals surface area contributed by atoms with Gasteiger partial charge in [-0.1, -0.05) is 11.6 Å². The third-order valence-electron chi connectivity index (χ3n) is 1.65. The van der Waals surface area contributed by atoms with Crippen LogP contribution >= 0.6 is 11.6 Å². The highest BCUT2D eigenvalue weighted by Crippen LogP contribution is 2.23. The first kappa shape index (κ1) is 10.8. The summed E-state index contributed by atoms with van der Waals surface area (Å²) < 4.78 is 5.08. The second kappa shape index (κ2) is 4.28. The molecule has 0 radical (unpaired) electrons. The van der Waals surface area contributed by atoms with Crippen molar-refractivity contribution in [3.63, 3.8) is 0 Å². The lowest BCUT2D eigenvalue weighted by atomic mass is 10.1. The molecular weight excluding hydrogens is 206 g/mol. The number of rotatable bonds is 3. The second-order valence-corrected chi connectivity index (χ2v) is 3.07. The average Bonchev–Trinajstić information content (AvgIpc) is 2.01. The van der Waals surface area contributed by atoms with Gasteiger partial charge in [-0.25, -0.2) is 9.78 Å². The van der Waals surface area contributed by atoms with Crippen molar-refractivity contribution in [2.24, 2.45) is 0 Å². The van der Waals surface area contributed by atoms with Gasteiger partial charge in [0.15, 0.2) is 0 Å². The van der Waals surface area contributed by atoms with Crippen LogP contribution in [-0.4, -0.2) is 22.7 Å². The molecule has 0 unspecified atom stereocenters. The highest BCUT2D eigenvalue weighted by Gasteiger charge is 2.16. The van der Waals surface area contributed by atoms with E-state index in [1.165, 1.54) is 6.07 Å². The van der Waals surface area contributed by atoms with Crippen LogP contribution in [0.2, 0.25) is 5.15 Å². The van der Waals surface area contributed by atoms with Crippen LogP contribution in [0.15, 0.2) is 6.07 Å². The normalized spacial score (nSPS) is 9.93. The van der Waals surface area contributed by atoms with Crippen LogP contribution in [0.3, 0.4) is 0 Å². The van der Waals surface area contributed by atoms with Gasteiger partial charge in [0.1, 0.15) is 10.7 Å². The average molecular weight is 216 g/mol. The first-order valence-corrected chi connectivity index (χ1v) is 4.47. The van der Waals surface area contributed by atoms with Gasteiger partial charge in [-0.2, -0.15) is 0 Å². The Kier molecular flexibility index (Phi) is 3.30. The minimum absolute atomic E-state index is 0.0660. The Morgan fingerprint density at radius 1 is 1.71 bits per heavy atom. The molecule has 0 atom stereocenters. The van der Waals surface area contributed by atoms with Gasteiger partial charge in [-0.05, 0) is 25.5 Å². The minimum Gasteiger partial charge on any atom is -0.477 e. The Hall–Kier alpha value is -1.29. The zero-order valence-corrected chi connectivity index (χ0v) is 8.63. The Morgan fingerprint density at radius 3 is 2.86 bits per heavy atom. The molecular formula is C9H10ClNO3. The van der Waals surface area contributed by atoms with E-state index in [1.54, 1.807) is 13.8 Å². The number of aryl methyl sites for hydroxylation is 1. The number of nitrogens with zero attached hydrogens (tertiary/aromatic N) is 1. The molecule has 0 aliphatic rings. The van der Waals surface area contributed by atoms with Gasteiger partial charge in [-0.15, -0.1) is 0 Å². The third kappa shape index (κ3) is 2.14. The standard InChI is InChI=1S/C9H10ClNO3/c1-3-14-8-7(9(12)13)5(2)4-6(10)11-8/h4H,3H2,1-2H3,(H,12,13). The second-order valence-electron chi connectivity index (χ2n) is 2.68. The smallest absolute Gasteiger partial charge is 0.341 e. The summed E-state index contributed by atoms with van der Waals surface area (Å²) in [5.41, 5.74) is 0.609. The van der Waals surface area contributed by atoms with E-state index in [4.69, 9.17) is 21.4 Å². The van der Waals surface area contributed by atoms with E-state index in [1.807, 2.05) is 0 Å². The molecule has 1 aromatic heterocycles. The molecule has 0 amide bonds. The van der Waals surface area contributed by atoms with Crippen molar-refractivity contribution in [2.75, 3.05) is 6.61 Å². The lowest BCUT2D eigenvalue weighted by Crippen LogP contribution is -2.07. The molecule has 1 aromatic rings. The molecule has 0 aliphatic carbocycles. The summed E-state index contributed by atoms with van der Waals surface area (Å²) in [6, 6.07) is 1.49. The fourth-order valence-electron chi connectivity index (χ4n) is 1.11. The minimum atomic E-state index is -1.06. The number of halogens is 1. The number of carboxylic acids is 1. The van der Waals surface area contributed by atoms with Crippen molar-refractivity contribution in [3.8, 4) is 5.88 Å². The van der Waals surface area contributed by atoms with E-state index in [0.29, 0.717) is 12.2 Å². The summed E-state index contributed by atoms with van der Waals surface area (Å²) in [6.07, 6.45) is 0. The number of aromatic carboxylic acids is 1. The molecule has 0 fully saturated rings. The van der Waals surface area contributed by atoms with Crippen LogP contribution in [0.25, 0.3) is 0 Å². The van der Waals surface area contributed by atoms with E-state index >= 15 is 0 Å². The monoisotopic (exact) mass is 215 g/mol. The molecule has 0 saturated heterocycles. The lowest BCUT2D eigenvalue weighted by molar-refractivity contribution is 0.0690. The van der Waals surface area contributed by atoms with Crippen LogP contribution in [0.5, 0.6) is 5.88 Å². The van der Waals surface area contributed by atoms with E-state index in [9.17, 15) is 4.79 Å². The lowest BCUT2D eigenvalue weighted by Gasteiger charge is -2.08. The van der Waals surface area contributed by atoms with Gasteiger partial charge in [0.25, 0.3) is 0 Å². The highest BCUT2D eigenvalue weighted by molar-refractivity contribution is 6.29. The van der Waals surface area contributed by atoms with Crippen LogP contribution in [0.1, 0.15) is 22.8 Å². The molecule has 5 heteroatoms. The van der Waals surface area contributed by atoms with E-state index < -0.39 is 5.97 Å². The molecule has 1 N–H and O–H groups in total. The summed E-state index contributed by atoms with van der Waals surface area (Å²) >= 11 is 5.68. The zero-order chi connectivity index (χ0) is 10.7. The molecule has 0 bridgehead atoms. The van der Waals surface area contributed by atoms with Crippen molar-refractivity contribution in [2.45, 2.75) is 13.8 Å². The predicted molar refractivity (Wildman–Crippen MR) is 52.1 cm³/mol. The first-order valence-electron chi connectivity index (χ1n) is 4.09. The molecule has 0 aliphatic heterocycles. The number of aromatic nitrogens is 1. The van der Waals surface area contributed by atoms with E-state index in [2.05, 4.69) is 4.98 Å². The molecule has 0 spiro atoms. The number of carboxylic acid groups (broad SMARTS) is 1. The zero-order valence-electron chi connectivity index (χ0n) is 7.87. The Bertz CT molecular complexity index is 365. The fourth-order valence-corrected chi connectivity index (χ4v) is 1.35. The van der Waals surface area contributed by atoms with E-state index in [-0.39, 0.29) is 16.6 Å². The number of carbonyl (C=O) groups is 1. The van der Waals surface area contributed by atoms with Gasteiger partial charge in [0.05, 0.1) is 6.61 Å². The molecule has 0 aromatic carbocycles. The molecule has 1 heterocycles. The molecule has 4 nitrogen and oxygen atoms in total. The van der Waals surface area contributed by atoms with Crippen LogP contribution in [-0.2, 0) is 0 Å². The Morgan fingerprint density at radius 2 is 2.36 bits per heavy atom. The first-order chi connectivity index (χ1) is 6.56. The SMILES string of the molecule is CCOc1nc(Cl)cc(C)c1C(=O)O. The number of pyridine rings is 1. The summed E-state index contributed by atoms with van der Waals surface area (Å²) in [6.45, 7) is 3.76. The van der Waals surface area contributed by atoms with Crippen molar-refractivity contribution >= 4 is 17.6 Å². The Balaban J connectivity index is 3.28. The molecule has 0 saturated carbocycles. The topological polar surface area (TPSA) is 59.4 Å². The highest BCUT2D eigenvalue weighted by atomic mass is 35.5.